The van der Waals surface area contributed by atoms with Gasteiger partial charge in [0, 0.05) is 6.04 Å². The van der Waals surface area contributed by atoms with Gasteiger partial charge in [-0.05, 0) is 32.7 Å². The molecule has 2 nitrogen and oxygen atoms in total. The molecule has 1 aliphatic rings. The summed E-state index contributed by atoms with van der Waals surface area (Å²) in [5.41, 5.74) is -0.517. The first kappa shape index (κ1) is 10.0. The first-order valence-corrected chi connectivity index (χ1v) is 5.02. The van der Waals surface area contributed by atoms with E-state index in [4.69, 9.17) is 0 Å². The van der Waals surface area contributed by atoms with Gasteiger partial charge in [0.1, 0.15) is 0 Å². The van der Waals surface area contributed by atoms with Crippen LogP contribution < -0.4 is 5.32 Å². The Bertz CT molecular complexity index is 141. The molecule has 0 aromatic rings. The molecule has 0 bridgehead atoms. The predicted molar refractivity (Wildman–Crippen MR) is 51.1 cm³/mol. The number of nitrogens with one attached hydrogen (secondary N) is 1. The van der Waals surface area contributed by atoms with E-state index in [-0.39, 0.29) is 6.04 Å². The number of hydrogen-bond donors (Lipinski definition) is 2. The lowest BCUT2D eigenvalue weighted by atomic mass is 9.91. The Labute approximate surface area is 75.4 Å². The summed E-state index contributed by atoms with van der Waals surface area (Å²) in [7, 11) is 0. The van der Waals surface area contributed by atoms with Crippen LogP contribution in [0.2, 0.25) is 0 Å². The van der Waals surface area contributed by atoms with Gasteiger partial charge in [-0.15, -0.1) is 0 Å². The molecular formula is C10H21NO. The maximum atomic E-state index is 10.1. The van der Waals surface area contributed by atoms with Crippen LogP contribution in [0.4, 0.5) is 0 Å². The maximum absolute atomic E-state index is 10.1. The summed E-state index contributed by atoms with van der Waals surface area (Å²) in [5.74, 6) is 0.793. The van der Waals surface area contributed by atoms with Crippen LogP contribution in [-0.4, -0.2) is 23.3 Å². The van der Waals surface area contributed by atoms with Crippen molar-refractivity contribution in [3.8, 4) is 0 Å². The van der Waals surface area contributed by atoms with E-state index >= 15 is 0 Å². The van der Waals surface area contributed by atoms with Crippen LogP contribution in [0.1, 0.15) is 40.0 Å². The smallest absolute Gasteiger partial charge is 0.0771 e. The summed E-state index contributed by atoms with van der Waals surface area (Å²) in [4.78, 5) is 0. The van der Waals surface area contributed by atoms with E-state index in [2.05, 4.69) is 19.2 Å². The van der Waals surface area contributed by atoms with Crippen molar-refractivity contribution >= 4 is 0 Å². The summed E-state index contributed by atoms with van der Waals surface area (Å²) in [5, 5.41) is 13.3. The molecule has 72 valence electrons. The summed E-state index contributed by atoms with van der Waals surface area (Å²) >= 11 is 0. The van der Waals surface area contributed by atoms with Crippen molar-refractivity contribution in [2.45, 2.75) is 51.7 Å². The van der Waals surface area contributed by atoms with Crippen molar-refractivity contribution in [1.29, 1.82) is 0 Å². The Morgan fingerprint density at radius 2 is 2.17 bits per heavy atom. The van der Waals surface area contributed by atoms with E-state index in [1.807, 2.05) is 6.92 Å². The van der Waals surface area contributed by atoms with Crippen LogP contribution in [0.15, 0.2) is 0 Å². The van der Waals surface area contributed by atoms with Gasteiger partial charge in [-0.1, -0.05) is 19.8 Å². The molecule has 1 rings (SSSR count). The highest BCUT2D eigenvalue weighted by atomic mass is 16.3. The average molecular weight is 171 g/mol. The van der Waals surface area contributed by atoms with Gasteiger partial charge in [-0.2, -0.15) is 0 Å². The first-order chi connectivity index (χ1) is 5.56. The van der Waals surface area contributed by atoms with Crippen LogP contribution in [0.3, 0.4) is 0 Å². The fourth-order valence-corrected chi connectivity index (χ4v) is 1.61. The molecule has 12 heavy (non-hydrogen) atoms. The summed E-state index contributed by atoms with van der Waals surface area (Å²) < 4.78 is 0. The molecule has 0 aromatic heterocycles. The van der Waals surface area contributed by atoms with Gasteiger partial charge < -0.3 is 10.4 Å². The first-order valence-electron chi connectivity index (χ1n) is 5.02. The van der Waals surface area contributed by atoms with Gasteiger partial charge in [0.25, 0.3) is 0 Å². The van der Waals surface area contributed by atoms with Gasteiger partial charge >= 0.3 is 0 Å². The molecule has 0 amide bonds. The SMILES string of the molecule is CCNC(C)C(C)(O)CC1CC1. The third-order valence-electron chi connectivity index (χ3n) is 2.84. The molecule has 0 aromatic carbocycles. The van der Waals surface area contributed by atoms with Gasteiger partial charge in [0.15, 0.2) is 0 Å². The monoisotopic (exact) mass is 171 g/mol. The number of aliphatic hydroxyl groups is 1. The average Bonchev–Trinajstić information content (AvgIpc) is 2.71. The lowest BCUT2D eigenvalue weighted by Crippen LogP contribution is -2.47. The second-order valence-electron chi connectivity index (χ2n) is 4.28. The van der Waals surface area contributed by atoms with Crippen molar-refractivity contribution in [3.05, 3.63) is 0 Å². The third kappa shape index (κ3) is 2.76. The second-order valence-corrected chi connectivity index (χ2v) is 4.28. The highest BCUT2D eigenvalue weighted by Crippen LogP contribution is 2.37. The zero-order valence-corrected chi connectivity index (χ0v) is 8.43. The molecule has 2 unspecified atom stereocenters. The molecule has 2 heteroatoms. The van der Waals surface area contributed by atoms with E-state index in [9.17, 15) is 5.11 Å². The lowest BCUT2D eigenvalue weighted by molar-refractivity contribution is 0.0128. The Morgan fingerprint density at radius 3 is 2.58 bits per heavy atom. The van der Waals surface area contributed by atoms with Gasteiger partial charge in [0.05, 0.1) is 5.60 Å². The largest absolute Gasteiger partial charge is 0.389 e. The molecule has 0 spiro atoms. The molecule has 0 saturated heterocycles. The van der Waals surface area contributed by atoms with E-state index in [1.54, 1.807) is 0 Å². The molecule has 0 aliphatic heterocycles. The van der Waals surface area contributed by atoms with Crippen LogP contribution in [0.25, 0.3) is 0 Å². The fourth-order valence-electron chi connectivity index (χ4n) is 1.61. The van der Waals surface area contributed by atoms with Gasteiger partial charge in [-0.25, -0.2) is 0 Å². The minimum atomic E-state index is -0.517. The fraction of sp³-hybridized carbons (Fsp3) is 1.00. The van der Waals surface area contributed by atoms with E-state index in [1.165, 1.54) is 12.8 Å². The molecular weight excluding hydrogens is 150 g/mol. The summed E-state index contributed by atoms with van der Waals surface area (Å²) in [6.45, 7) is 7.01. The zero-order chi connectivity index (χ0) is 9.19. The second kappa shape index (κ2) is 3.75. The summed E-state index contributed by atoms with van der Waals surface area (Å²) in [6, 6.07) is 0.211. The van der Waals surface area contributed by atoms with E-state index in [0.29, 0.717) is 0 Å². The normalized spacial score (nSPS) is 25.0. The molecule has 2 atom stereocenters. The Kier molecular flexibility index (Phi) is 3.13. The minimum absolute atomic E-state index is 0.211. The molecule has 1 fully saturated rings. The van der Waals surface area contributed by atoms with Crippen LogP contribution >= 0.6 is 0 Å². The minimum Gasteiger partial charge on any atom is -0.389 e. The van der Waals surface area contributed by atoms with Crippen molar-refractivity contribution in [2.75, 3.05) is 6.54 Å². The lowest BCUT2D eigenvalue weighted by Gasteiger charge is -2.30. The topological polar surface area (TPSA) is 32.3 Å². The van der Waals surface area contributed by atoms with Crippen molar-refractivity contribution in [2.24, 2.45) is 5.92 Å². The molecule has 0 heterocycles. The van der Waals surface area contributed by atoms with Gasteiger partial charge in [-0.3, -0.25) is 0 Å². The van der Waals surface area contributed by atoms with E-state index < -0.39 is 5.60 Å². The standard InChI is InChI=1S/C10H21NO/c1-4-11-8(2)10(3,12)7-9-5-6-9/h8-9,11-12H,4-7H2,1-3H3. The third-order valence-corrected chi connectivity index (χ3v) is 2.84. The van der Waals surface area contributed by atoms with E-state index in [0.717, 1.165) is 18.9 Å². The molecule has 2 N–H and O–H groups in total. The van der Waals surface area contributed by atoms with Crippen molar-refractivity contribution in [3.63, 3.8) is 0 Å². The predicted octanol–water partition coefficient (Wildman–Crippen LogP) is 1.54. The Hall–Kier alpha value is -0.0800. The number of hydrogen-bond acceptors (Lipinski definition) is 2. The Morgan fingerprint density at radius 1 is 1.58 bits per heavy atom. The maximum Gasteiger partial charge on any atom is 0.0771 e. The summed E-state index contributed by atoms with van der Waals surface area (Å²) in [6.07, 6.45) is 3.59. The number of likely N-dealkylation sites (N-methyl/N-ethyl adjacent to an activating group) is 1. The van der Waals surface area contributed by atoms with Gasteiger partial charge in [0.2, 0.25) is 0 Å². The Balaban J connectivity index is 2.32. The quantitative estimate of drug-likeness (QED) is 0.657. The molecule has 1 aliphatic carbocycles. The highest BCUT2D eigenvalue weighted by molar-refractivity contribution is 4.90. The zero-order valence-electron chi connectivity index (χ0n) is 8.43. The van der Waals surface area contributed by atoms with Crippen LogP contribution in [0.5, 0.6) is 0 Å². The molecule has 0 radical (unpaired) electrons. The van der Waals surface area contributed by atoms with Crippen molar-refractivity contribution < 1.29 is 5.11 Å². The highest BCUT2D eigenvalue weighted by Gasteiger charge is 2.35. The van der Waals surface area contributed by atoms with Crippen molar-refractivity contribution in [1.82, 2.24) is 5.32 Å². The number of rotatable bonds is 5. The van der Waals surface area contributed by atoms with Crippen LogP contribution in [0, 0.1) is 5.92 Å². The molecule has 1 saturated carbocycles. The van der Waals surface area contributed by atoms with Crippen LogP contribution in [-0.2, 0) is 0 Å².